The molecule has 0 fully saturated rings. The molecule has 0 saturated heterocycles. The lowest BCUT2D eigenvalue weighted by atomic mass is 10.2. The average Bonchev–Trinajstić information content (AvgIpc) is 3.39. The van der Waals surface area contributed by atoms with Crippen LogP contribution in [0, 0.1) is 0 Å². The summed E-state index contributed by atoms with van der Waals surface area (Å²) in [4.78, 5) is 15.1. The molecule has 1 aliphatic heterocycles. The highest BCUT2D eigenvalue weighted by atomic mass is 35.5. The van der Waals surface area contributed by atoms with Crippen LogP contribution in [-0.2, 0) is 9.47 Å². The van der Waals surface area contributed by atoms with Crippen molar-refractivity contribution in [1.29, 1.82) is 0 Å². The number of nitrogens with one attached hydrogen (secondary N) is 4. The number of benzene rings is 1. The molecule has 0 atom stereocenters. The molecule has 1 aromatic heterocycles. The fraction of sp³-hybridized carbons (Fsp3) is 0.304. The Morgan fingerprint density at radius 1 is 1.12 bits per heavy atom. The molecule has 1 aliphatic carbocycles. The minimum Gasteiger partial charge on any atom is -0.490 e. The van der Waals surface area contributed by atoms with Crippen molar-refractivity contribution < 1.29 is 23.7 Å². The van der Waals surface area contributed by atoms with Crippen LogP contribution in [0.25, 0.3) is 22.0 Å². The molecule has 0 bridgehead atoms. The van der Waals surface area contributed by atoms with E-state index >= 15 is 0 Å². The molecule has 10 nitrogen and oxygen atoms in total. The number of alkyl carbamates (subject to hydrolysis) is 1. The molecule has 2 aromatic rings. The summed E-state index contributed by atoms with van der Waals surface area (Å²) in [6, 6.07) is 9.65. The van der Waals surface area contributed by atoms with Crippen LogP contribution in [0.15, 0.2) is 36.5 Å². The fourth-order valence-corrected chi connectivity index (χ4v) is 3.68. The molecule has 34 heavy (non-hydrogen) atoms. The number of anilines is 2. The van der Waals surface area contributed by atoms with E-state index in [9.17, 15) is 4.79 Å². The number of halogens is 1. The van der Waals surface area contributed by atoms with Crippen LogP contribution in [-0.4, -0.2) is 61.4 Å². The van der Waals surface area contributed by atoms with Crippen molar-refractivity contribution in [2.24, 2.45) is 0 Å². The third kappa shape index (κ3) is 5.29. The zero-order valence-corrected chi connectivity index (χ0v) is 19.6. The highest BCUT2D eigenvalue weighted by molar-refractivity contribution is 6.32. The Labute approximate surface area is 201 Å². The summed E-state index contributed by atoms with van der Waals surface area (Å²) in [7, 11) is 1.32. The molecule has 0 spiro atoms. The largest absolute Gasteiger partial charge is 0.490 e. The molecule has 2 aliphatic rings. The number of ether oxygens (including phenoxy) is 4. The number of amides is 1. The zero-order valence-electron chi connectivity index (χ0n) is 18.9. The Morgan fingerprint density at radius 3 is 2.76 bits per heavy atom. The monoisotopic (exact) mass is 487 g/mol. The van der Waals surface area contributed by atoms with E-state index in [-0.39, 0.29) is 0 Å². The maximum atomic E-state index is 11.0. The molecule has 1 aromatic carbocycles. The van der Waals surface area contributed by atoms with E-state index in [2.05, 4.69) is 36.6 Å². The number of aromatic nitrogens is 3. The topological polar surface area (TPSA) is 123 Å². The number of methoxy groups -OCH3 is 1. The summed E-state index contributed by atoms with van der Waals surface area (Å²) in [5.74, 6) is 2.05. The van der Waals surface area contributed by atoms with Crippen LogP contribution in [0.4, 0.5) is 16.3 Å². The summed E-state index contributed by atoms with van der Waals surface area (Å²) in [5, 5.41) is 14.6. The normalized spacial score (nSPS) is 11.0. The number of carbonyl (C=O) groups excluding carboxylic acids is 1. The molecular formula is C23H26ClN5O5. The number of rotatable bonds is 11. The van der Waals surface area contributed by atoms with Crippen LogP contribution < -0.4 is 20.1 Å². The van der Waals surface area contributed by atoms with Crippen LogP contribution in [0.3, 0.4) is 0 Å². The highest BCUT2D eigenvalue weighted by Gasteiger charge is 2.20. The number of aromatic amines is 2. The Hall–Kier alpha value is -3.63. The first-order valence-electron chi connectivity index (χ1n) is 10.8. The molecule has 0 unspecified atom stereocenters. The van der Waals surface area contributed by atoms with Gasteiger partial charge in [0.05, 0.1) is 38.3 Å². The lowest BCUT2D eigenvalue weighted by Crippen LogP contribution is -2.27. The summed E-state index contributed by atoms with van der Waals surface area (Å²) in [5.41, 5.74) is 2.60. The van der Waals surface area contributed by atoms with Crippen molar-refractivity contribution >= 4 is 40.0 Å². The van der Waals surface area contributed by atoms with E-state index in [1.54, 1.807) is 6.20 Å². The molecule has 4 N–H and O–H groups in total. The lowest BCUT2D eigenvalue weighted by Gasteiger charge is -2.13. The fourth-order valence-electron chi connectivity index (χ4n) is 3.51. The van der Waals surface area contributed by atoms with Gasteiger partial charge in [-0.15, -0.1) is 0 Å². The number of nitrogens with zero attached hydrogens (tertiary/aromatic N) is 1. The smallest absolute Gasteiger partial charge is 0.406 e. The van der Waals surface area contributed by atoms with Gasteiger partial charge in [0.25, 0.3) is 0 Å². The van der Waals surface area contributed by atoms with E-state index < -0.39 is 6.09 Å². The number of hydrogen-bond donors (Lipinski definition) is 4. The maximum Gasteiger partial charge on any atom is 0.406 e. The van der Waals surface area contributed by atoms with Gasteiger partial charge in [-0.3, -0.25) is 10.2 Å². The predicted molar refractivity (Wildman–Crippen MR) is 130 cm³/mol. The number of pyridine rings is 1. The van der Waals surface area contributed by atoms with Gasteiger partial charge >= 0.3 is 6.09 Å². The maximum absolute atomic E-state index is 11.0. The second kappa shape index (κ2) is 11.0. The highest BCUT2D eigenvalue weighted by Crippen LogP contribution is 2.43. The van der Waals surface area contributed by atoms with Gasteiger partial charge in [0.2, 0.25) is 0 Å². The number of carbonyl (C=O) groups is 1. The van der Waals surface area contributed by atoms with E-state index in [1.807, 2.05) is 31.2 Å². The van der Waals surface area contributed by atoms with E-state index in [0.29, 0.717) is 55.3 Å². The van der Waals surface area contributed by atoms with Crippen molar-refractivity contribution in [3.63, 3.8) is 0 Å². The Bertz CT molecular complexity index is 1220. The Balaban J connectivity index is 1.46. The first-order valence-corrected chi connectivity index (χ1v) is 11.2. The lowest BCUT2D eigenvalue weighted by molar-refractivity contribution is 0.0983. The number of H-pyrrole nitrogens is 2. The van der Waals surface area contributed by atoms with Gasteiger partial charge in [0.1, 0.15) is 12.4 Å². The average molecular weight is 488 g/mol. The first kappa shape index (κ1) is 23.5. The van der Waals surface area contributed by atoms with Crippen molar-refractivity contribution in [2.75, 3.05) is 45.4 Å². The minimum absolute atomic E-state index is 0.330. The van der Waals surface area contributed by atoms with Gasteiger partial charge in [-0.05, 0) is 42.6 Å². The van der Waals surface area contributed by atoms with Gasteiger partial charge in [-0.2, -0.15) is 0 Å². The Kier molecular flexibility index (Phi) is 7.61. The van der Waals surface area contributed by atoms with Gasteiger partial charge in [-0.1, -0.05) is 11.6 Å². The minimum atomic E-state index is -0.487. The third-order valence-electron chi connectivity index (χ3n) is 5.04. The predicted octanol–water partition coefficient (Wildman–Crippen LogP) is 4.54. The van der Waals surface area contributed by atoms with Crippen molar-refractivity contribution in [2.45, 2.75) is 6.92 Å². The van der Waals surface area contributed by atoms with Crippen LogP contribution in [0.1, 0.15) is 6.92 Å². The molecule has 4 rings (SSSR count). The standard InChI is InChI=1S/C23H26ClN5O5/c1-3-33-18-12-14-11-16-20(28-29-22(16)27-17-5-4-6-25-21(17)24)15(14)13-19(18)34-10-9-32-8-7-26-23(30)31-2/h4-6,11-13,27-29H,3,7-10H2,1-2H3,(H,26,30). The molecule has 11 heteroatoms. The zero-order chi connectivity index (χ0) is 23.9. The third-order valence-corrected chi connectivity index (χ3v) is 5.34. The number of fused-ring (bicyclic) bond motifs is 3. The van der Waals surface area contributed by atoms with Gasteiger partial charge < -0.3 is 29.6 Å². The van der Waals surface area contributed by atoms with E-state index in [1.165, 1.54) is 7.11 Å². The van der Waals surface area contributed by atoms with Crippen LogP contribution in [0.5, 0.6) is 11.5 Å². The molecule has 2 heterocycles. The second-order valence-corrected chi connectivity index (χ2v) is 7.58. The summed E-state index contributed by atoms with van der Waals surface area (Å²) >= 11 is 6.19. The summed E-state index contributed by atoms with van der Waals surface area (Å²) in [6.07, 6.45) is 1.15. The molecule has 1 amide bonds. The van der Waals surface area contributed by atoms with Gasteiger partial charge in [-0.25, -0.2) is 9.78 Å². The molecule has 0 radical (unpaired) electrons. The van der Waals surface area contributed by atoms with Crippen molar-refractivity contribution in [3.05, 3.63) is 41.7 Å². The SMILES string of the molecule is CCOc1cc2cc3c(Nc4cccnc4Cl)[nH][nH]c-3c2cc1OCCOCCNC(=O)OC. The van der Waals surface area contributed by atoms with Crippen molar-refractivity contribution in [1.82, 2.24) is 20.5 Å². The number of hydrogen-bond acceptors (Lipinski definition) is 7. The summed E-state index contributed by atoms with van der Waals surface area (Å²) in [6.45, 7) is 3.84. The van der Waals surface area contributed by atoms with E-state index in [0.717, 1.165) is 27.8 Å². The summed E-state index contributed by atoms with van der Waals surface area (Å²) < 4.78 is 21.8. The molecule has 0 saturated carbocycles. The van der Waals surface area contributed by atoms with Gasteiger partial charge in [0, 0.05) is 23.7 Å². The Morgan fingerprint density at radius 2 is 1.97 bits per heavy atom. The first-order chi connectivity index (χ1) is 16.6. The van der Waals surface area contributed by atoms with Crippen LogP contribution in [0.2, 0.25) is 5.15 Å². The second-order valence-electron chi connectivity index (χ2n) is 7.22. The molecule has 180 valence electrons. The van der Waals surface area contributed by atoms with E-state index in [4.69, 9.17) is 25.8 Å². The van der Waals surface area contributed by atoms with Gasteiger partial charge in [0.15, 0.2) is 16.7 Å². The molecular weight excluding hydrogens is 462 g/mol. The van der Waals surface area contributed by atoms with Crippen LogP contribution >= 0.6 is 11.6 Å². The quantitative estimate of drug-likeness (QED) is 0.181. The van der Waals surface area contributed by atoms with Crippen molar-refractivity contribution in [3.8, 4) is 22.8 Å².